The van der Waals surface area contributed by atoms with E-state index in [1.165, 1.54) is 76.3 Å². The van der Waals surface area contributed by atoms with Crippen LogP contribution in [0.3, 0.4) is 0 Å². The van der Waals surface area contributed by atoms with E-state index in [0.717, 1.165) is 41.5 Å². The molecule has 0 heterocycles. The average Bonchev–Trinajstić information content (AvgIpc) is 3.50. The second kappa shape index (κ2) is 14.9. The van der Waals surface area contributed by atoms with Gasteiger partial charge in [0.15, 0.2) is 11.7 Å². The van der Waals surface area contributed by atoms with Crippen LogP contribution in [0.1, 0.15) is 89.8 Å². The first-order valence-corrected chi connectivity index (χ1v) is 19.8. The van der Waals surface area contributed by atoms with E-state index in [1.807, 2.05) is 66.7 Å². The van der Waals surface area contributed by atoms with Crippen LogP contribution in [-0.4, -0.2) is 17.9 Å². The van der Waals surface area contributed by atoms with Crippen molar-refractivity contribution >= 4 is 34.2 Å². The molecule has 5 aromatic rings. The number of aliphatic imine (C=N–C) groups is 2. The van der Waals surface area contributed by atoms with Crippen molar-refractivity contribution in [1.82, 2.24) is 0 Å². The van der Waals surface area contributed by atoms with Crippen LogP contribution < -0.4 is 0 Å². The van der Waals surface area contributed by atoms with Crippen molar-refractivity contribution in [3.8, 4) is 6.07 Å². The molecule has 1 N–H and O–H groups in total. The molecule has 2 unspecified atom stereocenters. The maximum atomic E-state index is 9.76. The van der Waals surface area contributed by atoms with E-state index in [4.69, 9.17) is 15.4 Å². The van der Waals surface area contributed by atoms with Crippen molar-refractivity contribution in [1.29, 1.82) is 10.7 Å². The number of rotatable bonds is 6. The molecule has 0 bridgehead atoms. The molecule has 0 aliphatic heterocycles. The maximum absolute atomic E-state index is 9.76. The topological polar surface area (TPSA) is 72.4 Å². The first-order chi connectivity index (χ1) is 27.1. The third-order valence-corrected chi connectivity index (χ3v) is 12.4. The summed E-state index contributed by atoms with van der Waals surface area (Å²) < 4.78 is 0. The lowest BCUT2D eigenvalue weighted by Gasteiger charge is -2.41. The highest BCUT2D eigenvalue weighted by Crippen LogP contribution is 2.60. The minimum atomic E-state index is 0.150. The number of amidine groups is 2. The molecule has 1 saturated carbocycles. The second-order valence-electron chi connectivity index (χ2n) is 15.5. The monoisotopic (exact) mass is 712 g/mol. The fourth-order valence-corrected chi connectivity index (χ4v) is 9.67. The number of nitriles is 1. The molecule has 268 valence electrons. The average molecular weight is 713 g/mol. The van der Waals surface area contributed by atoms with Gasteiger partial charge in [-0.05, 0) is 94.3 Å². The SMILES string of the molecule is N#Cc1ccc2c(c1)C1(CCCCC1)C1CC(Cc3ccc(C4C=CC(C(=N)/N=C(\N=C\c5ccccc5)c5ccccc5)=CC4)c4ccccc34)=CC=C21. The molecule has 1 fully saturated rings. The molecule has 0 aromatic heterocycles. The molecule has 55 heavy (non-hydrogen) atoms. The molecule has 0 saturated heterocycles. The van der Waals surface area contributed by atoms with Gasteiger partial charge < -0.3 is 0 Å². The minimum absolute atomic E-state index is 0.150. The summed E-state index contributed by atoms with van der Waals surface area (Å²) in [5.74, 6) is 1.43. The summed E-state index contributed by atoms with van der Waals surface area (Å²) in [6.07, 6.45) is 22.2. The van der Waals surface area contributed by atoms with Crippen molar-refractivity contribution in [3.05, 3.63) is 196 Å². The number of allylic oxidation sites excluding steroid dienone is 6. The molecule has 5 aromatic carbocycles. The Morgan fingerprint density at radius 2 is 1.60 bits per heavy atom. The van der Waals surface area contributed by atoms with Gasteiger partial charge in [-0.1, -0.05) is 158 Å². The van der Waals surface area contributed by atoms with Crippen LogP contribution in [0.2, 0.25) is 0 Å². The van der Waals surface area contributed by atoms with E-state index in [1.54, 1.807) is 6.21 Å². The van der Waals surface area contributed by atoms with Gasteiger partial charge >= 0.3 is 0 Å². The third kappa shape index (κ3) is 6.66. The Morgan fingerprint density at radius 3 is 2.36 bits per heavy atom. The molecule has 1 spiro atoms. The van der Waals surface area contributed by atoms with E-state index in [9.17, 15) is 5.26 Å². The molecule has 4 aliphatic carbocycles. The Labute approximate surface area is 324 Å². The van der Waals surface area contributed by atoms with Gasteiger partial charge in [-0.25, -0.2) is 9.98 Å². The fraction of sp³-hybridized carbons (Fsp3) is 0.216. The van der Waals surface area contributed by atoms with Gasteiger partial charge in [0.2, 0.25) is 0 Å². The van der Waals surface area contributed by atoms with Crippen molar-refractivity contribution < 1.29 is 0 Å². The lowest BCUT2D eigenvalue weighted by molar-refractivity contribution is 0.238. The Balaban J connectivity index is 0.952. The highest BCUT2D eigenvalue weighted by molar-refractivity contribution is 6.14. The molecular weight excluding hydrogens is 669 g/mol. The van der Waals surface area contributed by atoms with Gasteiger partial charge in [0.1, 0.15) is 0 Å². The first kappa shape index (κ1) is 34.6. The third-order valence-electron chi connectivity index (χ3n) is 12.4. The summed E-state index contributed by atoms with van der Waals surface area (Å²) in [6, 6.07) is 42.3. The van der Waals surface area contributed by atoms with Crippen LogP contribution in [-0.2, 0) is 11.8 Å². The number of hydrogen-bond acceptors (Lipinski definition) is 2. The highest BCUT2D eigenvalue weighted by Gasteiger charge is 2.50. The van der Waals surface area contributed by atoms with Crippen molar-refractivity contribution in [2.75, 3.05) is 0 Å². The zero-order chi connectivity index (χ0) is 37.2. The number of benzene rings is 5. The van der Waals surface area contributed by atoms with Gasteiger partial charge in [0.25, 0.3) is 0 Å². The second-order valence-corrected chi connectivity index (χ2v) is 15.5. The summed E-state index contributed by atoms with van der Waals surface area (Å²) in [4.78, 5) is 9.44. The fourth-order valence-electron chi connectivity index (χ4n) is 9.67. The van der Waals surface area contributed by atoms with E-state index in [2.05, 4.69) is 85.0 Å². The van der Waals surface area contributed by atoms with Crippen LogP contribution in [0, 0.1) is 22.7 Å². The van der Waals surface area contributed by atoms with Crippen LogP contribution >= 0.6 is 0 Å². The Hall–Kier alpha value is -6.18. The van der Waals surface area contributed by atoms with Crippen LogP contribution in [0.5, 0.6) is 0 Å². The van der Waals surface area contributed by atoms with Gasteiger partial charge in [-0.15, -0.1) is 0 Å². The normalized spacial score (nSPS) is 20.1. The smallest absolute Gasteiger partial charge is 0.161 e. The summed E-state index contributed by atoms with van der Waals surface area (Å²) in [5.41, 5.74) is 12.1. The van der Waals surface area contributed by atoms with E-state index in [-0.39, 0.29) is 17.2 Å². The Bertz CT molecular complexity index is 2520. The number of nitrogens with zero attached hydrogens (tertiary/aromatic N) is 3. The maximum Gasteiger partial charge on any atom is 0.161 e. The summed E-state index contributed by atoms with van der Waals surface area (Å²) in [6.45, 7) is 0. The predicted octanol–water partition coefficient (Wildman–Crippen LogP) is 12.0. The first-order valence-electron chi connectivity index (χ1n) is 19.8. The van der Waals surface area contributed by atoms with E-state index >= 15 is 0 Å². The summed E-state index contributed by atoms with van der Waals surface area (Å²) in [5, 5.41) is 21.3. The van der Waals surface area contributed by atoms with Crippen molar-refractivity contribution in [3.63, 3.8) is 0 Å². The Kier molecular flexibility index (Phi) is 9.38. The van der Waals surface area contributed by atoms with Crippen LogP contribution in [0.4, 0.5) is 0 Å². The molecule has 4 nitrogen and oxygen atoms in total. The molecule has 9 rings (SSSR count). The Morgan fingerprint density at radius 1 is 0.836 bits per heavy atom. The molecular formula is C51H44N4. The highest BCUT2D eigenvalue weighted by atomic mass is 14.9. The lowest BCUT2D eigenvalue weighted by atomic mass is 9.62. The summed E-state index contributed by atoms with van der Waals surface area (Å²) >= 11 is 0. The quantitative estimate of drug-likeness (QED) is 0.138. The lowest BCUT2D eigenvalue weighted by Crippen LogP contribution is -2.34. The van der Waals surface area contributed by atoms with Crippen molar-refractivity contribution in [2.24, 2.45) is 15.9 Å². The minimum Gasteiger partial charge on any atom is -0.282 e. The van der Waals surface area contributed by atoms with Gasteiger partial charge in [-0.2, -0.15) is 5.26 Å². The van der Waals surface area contributed by atoms with Crippen LogP contribution in [0.25, 0.3) is 16.3 Å². The molecule has 0 radical (unpaired) electrons. The van der Waals surface area contributed by atoms with Gasteiger partial charge in [0, 0.05) is 28.7 Å². The van der Waals surface area contributed by atoms with Crippen LogP contribution in [0.15, 0.2) is 167 Å². The number of fused-ring (bicyclic) bond motifs is 6. The molecule has 4 heteroatoms. The standard InChI is InChI=1S/C51H44N4/c52-33-37-19-26-46-45-25-18-36(31-47(45)51(48(46)32-37)28-10-3-11-29-51)30-41-24-27-43(44-17-9-8-16-42(41)44)38-20-22-39(23-21-38)49(53)55-50(40-14-6-2-7-15-40)54-34-35-12-4-1-5-13-35/h1-2,4-9,12-20,22-27,32,34,38,47,53H,3,10-11,21,28-31H2/b53-49?,54-34+,55-50-. The predicted molar refractivity (Wildman–Crippen MR) is 227 cm³/mol. The molecule has 0 amide bonds. The number of nitrogens with one attached hydrogen (secondary N) is 1. The largest absolute Gasteiger partial charge is 0.282 e. The zero-order valence-corrected chi connectivity index (χ0v) is 31.1. The molecule has 4 aliphatic rings. The number of hydrogen-bond donors (Lipinski definition) is 1. The molecule has 2 atom stereocenters. The van der Waals surface area contributed by atoms with E-state index in [0.29, 0.717) is 11.8 Å². The van der Waals surface area contributed by atoms with Gasteiger partial charge in [0.05, 0.1) is 11.6 Å². The zero-order valence-electron chi connectivity index (χ0n) is 31.1. The van der Waals surface area contributed by atoms with E-state index < -0.39 is 0 Å². The summed E-state index contributed by atoms with van der Waals surface area (Å²) in [7, 11) is 0. The van der Waals surface area contributed by atoms with Crippen molar-refractivity contribution in [2.45, 2.75) is 62.7 Å². The van der Waals surface area contributed by atoms with Gasteiger partial charge in [-0.3, -0.25) is 5.41 Å².